The lowest BCUT2D eigenvalue weighted by Crippen LogP contribution is -2.00. The molecule has 0 radical (unpaired) electrons. The molecular formula is C19H19NO. The molecule has 3 aromatic rings. The number of ether oxygens (including phenoxy) is 1. The van der Waals surface area contributed by atoms with Crippen molar-refractivity contribution in [1.82, 2.24) is 0 Å². The molecule has 21 heavy (non-hydrogen) atoms. The number of hydrogen-bond acceptors (Lipinski definition) is 2. The number of hydrogen-bond donors (Lipinski definition) is 1. The fourth-order valence-corrected chi connectivity index (χ4v) is 2.78. The van der Waals surface area contributed by atoms with E-state index in [4.69, 9.17) is 10.5 Å². The molecule has 0 saturated heterocycles. The standard InChI is InChI=1S/C19H19NO/c1-13-10-17(20)11-14(2)19(13)21-12-16-8-5-7-15-6-3-4-9-18(15)16/h3-11H,12,20H2,1-2H3. The van der Waals surface area contributed by atoms with Crippen LogP contribution in [0.1, 0.15) is 16.7 Å². The second-order valence-corrected chi connectivity index (χ2v) is 5.41. The maximum Gasteiger partial charge on any atom is 0.125 e. The SMILES string of the molecule is Cc1cc(N)cc(C)c1OCc1cccc2ccccc12. The molecule has 0 spiro atoms. The Hall–Kier alpha value is -2.48. The largest absolute Gasteiger partial charge is 0.488 e. The Morgan fingerprint density at radius 1 is 0.905 bits per heavy atom. The zero-order valence-electron chi connectivity index (χ0n) is 12.4. The predicted molar refractivity (Wildman–Crippen MR) is 88.6 cm³/mol. The molecule has 0 aromatic heterocycles. The summed E-state index contributed by atoms with van der Waals surface area (Å²) >= 11 is 0. The van der Waals surface area contributed by atoms with E-state index >= 15 is 0 Å². The van der Waals surface area contributed by atoms with Crippen molar-refractivity contribution in [3.8, 4) is 5.75 Å². The third-order valence-electron chi connectivity index (χ3n) is 3.73. The number of rotatable bonds is 3. The Balaban J connectivity index is 1.91. The van der Waals surface area contributed by atoms with Crippen molar-refractivity contribution in [2.45, 2.75) is 20.5 Å². The van der Waals surface area contributed by atoms with Crippen molar-refractivity contribution < 1.29 is 4.74 Å². The molecule has 3 aromatic carbocycles. The summed E-state index contributed by atoms with van der Waals surface area (Å²) in [6.07, 6.45) is 0. The first kappa shape index (κ1) is 13.5. The lowest BCUT2D eigenvalue weighted by atomic mass is 10.1. The molecule has 0 bridgehead atoms. The van der Waals surface area contributed by atoms with Crippen LogP contribution in [0.5, 0.6) is 5.75 Å². The lowest BCUT2D eigenvalue weighted by Gasteiger charge is -2.14. The van der Waals surface area contributed by atoms with Crippen LogP contribution in [-0.4, -0.2) is 0 Å². The van der Waals surface area contributed by atoms with E-state index in [0.29, 0.717) is 6.61 Å². The minimum absolute atomic E-state index is 0.562. The molecule has 0 saturated carbocycles. The van der Waals surface area contributed by atoms with Crippen LogP contribution in [0.25, 0.3) is 10.8 Å². The Morgan fingerprint density at radius 2 is 1.57 bits per heavy atom. The molecular weight excluding hydrogens is 258 g/mol. The van der Waals surface area contributed by atoms with Gasteiger partial charge in [0.1, 0.15) is 12.4 Å². The van der Waals surface area contributed by atoms with E-state index in [1.54, 1.807) is 0 Å². The fraction of sp³-hybridized carbons (Fsp3) is 0.158. The van der Waals surface area contributed by atoms with Gasteiger partial charge in [0.2, 0.25) is 0 Å². The van der Waals surface area contributed by atoms with Crippen molar-refractivity contribution in [3.63, 3.8) is 0 Å². The minimum Gasteiger partial charge on any atom is -0.488 e. The van der Waals surface area contributed by atoms with Gasteiger partial charge in [0.05, 0.1) is 0 Å². The molecule has 0 aliphatic carbocycles. The molecule has 106 valence electrons. The summed E-state index contributed by atoms with van der Waals surface area (Å²) in [4.78, 5) is 0. The van der Waals surface area contributed by atoms with Crippen LogP contribution in [0, 0.1) is 13.8 Å². The van der Waals surface area contributed by atoms with Crippen LogP contribution in [0.3, 0.4) is 0 Å². The average molecular weight is 277 g/mol. The quantitative estimate of drug-likeness (QED) is 0.709. The summed E-state index contributed by atoms with van der Waals surface area (Å²) in [5, 5.41) is 2.48. The second-order valence-electron chi connectivity index (χ2n) is 5.41. The van der Waals surface area contributed by atoms with Gasteiger partial charge in [-0.25, -0.2) is 0 Å². The van der Waals surface area contributed by atoms with Gasteiger partial charge in [0.15, 0.2) is 0 Å². The monoisotopic (exact) mass is 277 g/mol. The van der Waals surface area contributed by atoms with Gasteiger partial charge in [0, 0.05) is 5.69 Å². The number of aryl methyl sites for hydroxylation is 2. The lowest BCUT2D eigenvalue weighted by molar-refractivity contribution is 0.303. The molecule has 2 heteroatoms. The summed E-state index contributed by atoms with van der Waals surface area (Å²) in [6, 6.07) is 18.6. The molecule has 3 rings (SSSR count). The van der Waals surface area contributed by atoms with E-state index < -0.39 is 0 Å². The smallest absolute Gasteiger partial charge is 0.125 e. The van der Waals surface area contributed by atoms with Gasteiger partial charge in [-0.1, -0.05) is 42.5 Å². The summed E-state index contributed by atoms with van der Waals surface area (Å²) in [5.41, 5.74) is 9.99. The van der Waals surface area contributed by atoms with Gasteiger partial charge in [0.25, 0.3) is 0 Å². The highest BCUT2D eigenvalue weighted by Crippen LogP contribution is 2.27. The maximum atomic E-state index is 6.06. The first-order chi connectivity index (χ1) is 10.1. The van der Waals surface area contributed by atoms with Gasteiger partial charge >= 0.3 is 0 Å². The van der Waals surface area contributed by atoms with E-state index in [0.717, 1.165) is 22.6 Å². The molecule has 0 fully saturated rings. The first-order valence-corrected chi connectivity index (χ1v) is 7.11. The minimum atomic E-state index is 0.562. The normalized spacial score (nSPS) is 10.8. The number of nitrogens with two attached hydrogens (primary N) is 1. The van der Waals surface area contributed by atoms with Crippen LogP contribution in [0.4, 0.5) is 5.69 Å². The highest BCUT2D eigenvalue weighted by molar-refractivity contribution is 5.85. The van der Waals surface area contributed by atoms with E-state index in [9.17, 15) is 0 Å². The van der Waals surface area contributed by atoms with Crippen molar-refractivity contribution in [2.75, 3.05) is 5.73 Å². The zero-order valence-corrected chi connectivity index (χ0v) is 12.4. The van der Waals surface area contributed by atoms with E-state index in [-0.39, 0.29) is 0 Å². The fourth-order valence-electron chi connectivity index (χ4n) is 2.78. The molecule has 0 unspecified atom stereocenters. The summed E-state index contributed by atoms with van der Waals surface area (Å²) in [6.45, 7) is 4.62. The topological polar surface area (TPSA) is 35.2 Å². The Morgan fingerprint density at radius 3 is 2.33 bits per heavy atom. The van der Waals surface area contributed by atoms with Crippen molar-refractivity contribution in [2.24, 2.45) is 0 Å². The van der Waals surface area contributed by atoms with Crippen LogP contribution in [0.15, 0.2) is 54.6 Å². The number of fused-ring (bicyclic) bond motifs is 1. The average Bonchev–Trinajstić information content (AvgIpc) is 2.46. The van der Waals surface area contributed by atoms with Gasteiger partial charge in [-0.05, 0) is 53.4 Å². The highest BCUT2D eigenvalue weighted by Gasteiger charge is 2.07. The molecule has 2 N–H and O–H groups in total. The Labute approximate surface area is 125 Å². The van der Waals surface area contributed by atoms with Gasteiger partial charge in [-0.3, -0.25) is 0 Å². The number of benzene rings is 3. The summed E-state index contributed by atoms with van der Waals surface area (Å²) in [7, 11) is 0. The Bertz CT molecular complexity index is 764. The predicted octanol–water partition coefficient (Wildman–Crippen LogP) is 4.62. The first-order valence-electron chi connectivity index (χ1n) is 7.11. The maximum absolute atomic E-state index is 6.06. The summed E-state index contributed by atoms with van der Waals surface area (Å²) < 4.78 is 6.06. The van der Waals surface area contributed by atoms with Crippen molar-refractivity contribution >= 4 is 16.5 Å². The van der Waals surface area contributed by atoms with Crippen molar-refractivity contribution in [1.29, 1.82) is 0 Å². The van der Waals surface area contributed by atoms with E-state index in [1.807, 2.05) is 26.0 Å². The van der Waals surface area contributed by atoms with E-state index in [1.165, 1.54) is 16.3 Å². The Kier molecular flexibility index (Phi) is 3.53. The van der Waals surface area contributed by atoms with Gasteiger partial charge < -0.3 is 10.5 Å². The third-order valence-corrected chi connectivity index (χ3v) is 3.73. The zero-order chi connectivity index (χ0) is 14.8. The molecule has 2 nitrogen and oxygen atoms in total. The number of anilines is 1. The van der Waals surface area contributed by atoms with E-state index in [2.05, 4.69) is 42.5 Å². The van der Waals surface area contributed by atoms with Crippen LogP contribution in [0.2, 0.25) is 0 Å². The molecule has 0 aliphatic rings. The molecule has 0 amide bonds. The van der Waals surface area contributed by atoms with Gasteiger partial charge in [-0.15, -0.1) is 0 Å². The van der Waals surface area contributed by atoms with Crippen LogP contribution < -0.4 is 10.5 Å². The third kappa shape index (κ3) is 2.70. The second kappa shape index (κ2) is 5.49. The van der Waals surface area contributed by atoms with Crippen LogP contribution in [-0.2, 0) is 6.61 Å². The van der Waals surface area contributed by atoms with Crippen molar-refractivity contribution in [3.05, 3.63) is 71.3 Å². The molecule has 0 heterocycles. The highest BCUT2D eigenvalue weighted by atomic mass is 16.5. The molecule has 0 atom stereocenters. The number of nitrogen functional groups attached to an aromatic ring is 1. The van der Waals surface area contributed by atoms with Crippen LogP contribution >= 0.6 is 0 Å². The van der Waals surface area contributed by atoms with Gasteiger partial charge in [-0.2, -0.15) is 0 Å². The summed E-state index contributed by atoms with van der Waals surface area (Å²) in [5.74, 6) is 0.928. The molecule has 0 aliphatic heterocycles.